The maximum Gasteiger partial charge on any atom is 0.242 e. The van der Waals surface area contributed by atoms with Crippen LogP contribution in [0.3, 0.4) is 0 Å². The van der Waals surface area contributed by atoms with Gasteiger partial charge >= 0.3 is 0 Å². The number of carbonyl (C=O) groups excluding carboxylic acids is 2. The number of amides is 2. The molecule has 0 aliphatic carbocycles. The molecule has 0 heterocycles. The topological polar surface area (TPSA) is 49.4 Å². The summed E-state index contributed by atoms with van der Waals surface area (Å²) in [5.41, 5.74) is 2.81. The third-order valence-corrected chi connectivity index (χ3v) is 4.77. The Balaban J connectivity index is 2.25. The highest BCUT2D eigenvalue weighted by Gasteiger charge is 2.28. The second-order valence-electron chi connectivity index (χ2n) is 7.88. The van der Waals surface area contributed by atoms with Crippen molar-refractivity contribution in [1.82, 2.24) is 10.2 Å². The highest BCUT2D eigenvalue weighted by molar-refractivity contribution is 5.88. The monoisotopic (exact) mass is 398 g/mol. The molecule has 0 aromatic heterocycles. The van der Waals surface area contributed by atoms with Crippen LogP contribution in [0.15, 0.2) is 48.5 Å². The number of carbonyl (C=O) groups is 2. The first-order valence-corrected chi connectivity index (χ1v) is 10.2. The minimum absolute atomic E-state index is 0.125. The molecular formula is C24H31FN2O2. The van der Waals surface area contributed by atoms with Crippen LogP contribution in [0.4, 0.5) is 4.39 Å². The van der Waals surface area contributed by atoms with E-state index < -0.39 is 6.04 Å². The molecule has 0 bridgehead atoms. The van der Waals surface area contributed by atoms with Gasteiger partial charge in [0.25, 0.3) is 0 Å². The van der Waals surface area contributed by atoms with Gasteiger partial charge < -0.3 is 10.2 Å². The lowest BCUT2D eigenvalue weighted by Crippen LogP contribution is -2.50. The fourth-order valence-corrected chi connectivity index (χ4v) is 3.23. The molecule has 1 N–H and O–H groups in total. The Morgan fingerprint density at radius 1 is 1.07 bits per heavy atom. The van der Waals surface area contributed by atoms with Crippen LogP contribution < -0.4 is 5.32 Å². The minimum Gasteiger partial charge on any atom is -0.354 e. The lowest BCUT2D eigenvalue weighted by molar-refractivity contribution is -0.141. The van der Waals surface area contributed by atoms with Gasteiger partial charge in [-0.25, -0.2) is 4.39 Å². The molecule has 0 spiro atoms. The van der Waals surface area contributed by atoms with E-state index in [2.05, 4.69) is 5.32 Å². The zero-order chi connectivity index (χ0) is 21.4. The summed E-state index contributed by atoms with van der Waals surface area (Å²) in [5, 5.41) is 2.95. The largest absolute Gasteiger partial charge is 0.354 e. The molecule has 0 aliphatic rings. The highest BCUT2D eigenvalue weighted by atomic mass is 19.1. The summed E-state index contributed by atoms with van der Waals surface area (Å²) in [7, 11) is 0. The Labute approximate surface area is 173 Å². The third-order valence-electron chi connectivity index (χ3n) is 4.77. The van der Waals surface area contributed by atoms with Gasteiger partial charge in [-0.1, -0.05) is 62.7 Å². The summed E-state index contributed by atoms with van der Waals surface area (Å²) >= 11 is 0. The Bertz CT molecular complexity index is 818. The van der Waals surface area contributed by atoms with E-state index in [4.69, 9.17) is 0 Å². The molecule has 4 nitrogen and oxygen atoms in total. The summed E-state index contributed by atoms with van der Waals surface area (Å²) in [6.45, 7) is 8.90. The van der Waals surface area contributed by atoms with Crippen molar-refractivity contribution in [3.63, 3.8) is 0 Å². The molecule has 0 unspecified atom stereocenters. The number of hydrogen-bond donors (Lipinski definition) is 1. The molecule has 0 aliphatic heterocycles. The first-order valence-electron chi connectivity index (χ1n) is 10.2. The van der Waals surface area contributed by atoms with Crippen molar-refractivity contribution in [3.05, 3.63) is 71.0 Å². The molecule has 156 valence electrons. The Hall–Kier alpha value is -2.69. The van der Waals surface area contributed by atoms with Crippen molar-refractivity contribution in [1.29, 1.82) is 0 Å². The first-order chi connectivity index (χ1) is 13.8. The van der Waals surface area contributed by atoms with E-state index in [0.717, 1.165) is 16.7 Å². The van der Waals surface area contributed by atoms with Crippen molar-refractivity contribution in [2.45, 2.75) is 53.1 Å². The molecule has 0 saturated carbocycles. The van der Waals surface area contributed by atoms with Crippen LogP contribution in [0.2, 0.25) is 0 Å². The minimum atomic E-state index is -0.554. The summed E-state index contributed by atoms with van der Waals surface area (Å²) in [6, 6.07) is 13.3. The number of nitrogens with zero attached hydrogens (tertiary/aromatic N) is 1. The van der Waals surface area contributed by atoms with E-state index in [1.54, 1.807) is 17.0 Å². The predicted octanol–water partition coefficient (Wildman–Crippen LogP) is 4.26. The van der Waals surface area contributed by atoms with Crippen LogP contribution in [-0.2, 0) is 22.6 Å². The number of halogens is 1. The quantitative estimate of drug-likeness (QED) is 0.686. The average molecular weight is 399 g/mol. The average Bonchev–Trinajstić information content (AvgIpc) is 2.68. The molecule has 0 fully saturated rings. The Kier molecular flexibility index (Phi) is 8.37. The molecule has 2 aromatic carbocycles. The van der Waals surface area contributed by atoms with E-state index in [1.807, 2.05) is 52.0 Å². The molecule has 2 aromatic rings. The molecular weight excluding hydrogens is 367 g/mol. The lowest BCUT2D eigenvalue weighted by atomic mass is 10.1. The van der Waals surface area contributed by atoms with Crippen LogP contribution in [0, 0.1) is 18.7 Å². The van der Waals surface area contributed by atoms with E-state index in [1.165, 1.54) is 12.1 Å². The van der Waals surface area contributed by atoms with Gasteiger partial charge in [-0.05, 0) is 42.5 Å². The van der Waals surface area contributed by atoms with Crippen LogP contribution in [0.25, 0.3) is 0 Å². The number of benzene rings is 2. The normalized spacial score (nSPS) is 11.9. The van der Waals surface area contributed by atoms with Crippen molar-refractivity contribution in [3.8, 4) is 0 Å². The number of aryl methyl sites for hydroxylation is 1. The standard InChI is InChI=1S/C24H31FN2O2/c1-5-22(24(29)26-15-17(2)3)27(16-20-8-6-7-18(4)13-20)23(28)14-19-9-11-21(25)12-10-19/h6-13,17,22H,5,14-16H2,1-4H3,(H,26,29)/t22-/m0/s1. The second-order valence-corrected chi connectivity index (χ2v) is 7.88. The van der Waals surface area contributed by atoms with Crippen molar-refractivity contribution in [2.75, 3.05) is 6.54 Å². The highest BCUT2D eigenvalue weighted by Crippen LogP contribution is 2.16. The van der Waals surface area contributed by atoms with Crippen molar-refractivity contribution < 1.29 is 14.0 Å². The van der Waals surface area contributed by atoms with Gasteiger partial charge in [-0.15, -0.1) is 0 Å². The fourth-order valence-electron chi connectivity index (χ4n) is 3.23. The second kappa shape index (κ2) is 10.7. The van der Waals surface area contributed by atoms with E-state index >= 15 is 0 Å². The predicted molar refractivity (Wildman–Crippen MR) is 114 cm³/mol. The molecule has 2 amide bonds. The van der Waals surface area contributed by atoms with E-state index in [0.29, 0.717) is 25.4 Å². The van der Waals surface area contributed by atoms with Gasteiger partial charge in [0, 0.05) is 13.1 Å². The van der Waals surface area contributed by atoms with Gasteiger partial charge in [0.2, 0.25) is 11.8 Å². The number of nitrogens with one attached hydrogen (secondary N) is 1. The smallest absolute Gasteiger partial charge is 0.242 e. The molecule has 0 saturated heterocycles. The van der Waals surface area contributed by atoms with Crippen molar-refractivity contribution in [2.24, 2.45) is 5.92 Å². The van der Waals surface area contributed by atoms with E-state index in [9.17, 15) is 14.0 Å². The Morgan fingerprint density at radius 2 is 1.76 bits per heavy atom. The maximum atomic E-state index is 13.2. The zero-order valence-electron chi connectivity index (χ0n) is 17.7. The van der Waals surface area contributed by atoms with Crippen LogP contribution >= 0.6 is 0 Å². The number of rotatable bonds is 9. The molecule has 0 radical (unpaired) electrons. The van der Waals surface area contributed by atoms with Crippen molar-refractivity contribution >= 4 is 11.8 Å². The first kappa shape index (κ1) is 22.6. The van der Waals surface area contributed by atoms with Crippen LogP contribution in [-0.4, -0.2) is 29.3 Å². The molecule has 5 heteroatoms. The SMILES string of the molecule is CC[C@@H](C(=O)NCC(C)C)N(Cc1cccc(C)c1)C(=O)Cc1ccc(F)cc1. The third kappa shape index (κ3) is 7.00. The molecule has 1 atom stereocenters. The van der Waals surface area contributed by atoms with Gasteiger partial charge in [0.1, 0.15) is 11.9 Å². The van der Waals surface area contributed by atoms with Crippen LogP contribution in [0.5, 0.6) is 0 Å². The fraction of sp³-hybridized carbons (Fsp3) is 0.417. The van der Waals surface area contributed by atoms with Gasteiger partial charge in [-0.3, -0.25) is 9.59 Å². The molecule has 2 rings (SSSR count). The van der Waals surface area contributed by atoms with Gasteiger partial charge in [0.15, 0.2) is 0 Å². The summed E-state index contributed by atoms with van der Waals surface area (Å²) < 4.78 is 13.2. The zero-order valence-corrected chi connectivity index (χ0v) is 17.7. The maximum absolute atomic E-state index is 13.2. The lowest BCUT2D eigenvalue weighted by Gasteiger charge is -2.31. The summed E-state index contributed by atoms with van der Waals surface area (Å²) in [4.78, 5) is 27.7. The Morgan fingerprint density at radius 3 is 2.34 bits per heavy atom. The summed E-state index contributed by atoms with van der Waals surface area (Å²) in [5.74, 6) is -0.292. The van der Waals surface area contributed by atoms with Gasteiger partial charge in [-0.2, -0.15) is 0 Å². The number of hydrogen-bond acceptors (Lipinski definition) is 2. The van der Waals surface area contributed by atoms with E-state index in [-0.39, 0.29) is 24.1 Å². The van der Waals surface area contributed by atoms with Gasteiger partial charge in [0.05, 0.1) is 6.42 Å². The molecule has 29 heavy (non-hydrogen) atoms. The van der Waals surface area contributed by atoms with Crippen LogP contribution in [0.1, 0.15) is 43.9 Å². The summed E-state index contributed by atoms with van der Waals surface area (Å²) in [6.07, 6.45) is 0.644.